The van der Waals surface area contributed by atoms with Crippen LogP contribution in [-0.2, 0) is 4.74 Å². The second kappa shape index (κ2) is 6.33. The highest BCUT2D eigenvalue weighted by Crippen LogP contribution is 2.04. The van der Waals surface area contributed by atoms with Gasteiger partial charge < -0.3 is 22.0 Å². The van der Waals surface area contributed by atoms with Crippen LogP contribution in [0.1, 0.15) is 6.92 Å². The number of ether oxygens (including phenoxy) is 1. The van der Waals surface area contributed by atoms with Gasteiger partial charge in [0.1, 0.15) is 0 Å². The Morgan fingerprint density at radius 1 is 1.33 bits per heavy atom. The van der Waals surface area contributed by atoms with Crippen molar-refractivity contribution < 1.29 is 22.0 Å². The van der Waals surface area contributed by atoms with E-state index in [1.165, 1.54) is 4.90 Å². The van der Waals surface area contributed by atoms with Crippen molar-refractivity contribution in [1.29, 1.82) is 0 Å². The predicted molar refractivity (Wildman–Crippen MR) is 34.1 cm³/mol. The van der Waals surface area contributed by atoms with Crippen LogP contribution < -0.4 is 17.3 Å². The molecule has 0 aromatic rings. The summed E-state index contributed by atoms with van der Waals surface area (Å²) in [5.74, 6) is 0. The highest BCUT2D eigenvalue weighted by atomic mass is 35.5. The lowest BCUT2D eigenvalue weighted by Gasteiger charge is -1.88. The molecule has 0 spiro atoms. The van der Waals surface area contributed by atoms with Crippen LogP contribution in [0.2, 0.25) is 0 Å². The third kappa shape index (κ3) is 30.7. The molecule has 9 heavy (non-hydrogen) atoms. The molecule has 1 heterocycles. The number of nitrogens with one attached hydrogen (secondary N) is 1. The van der Waals surface area contributed by atoms with Gasteiger partial charge in [0, 0.05) is 0 Å². The van der Waals surface area contributed by atoms with Gasteiger partial charge in [0.15, 0.2) is 0 Å². The van der Waals surface area contributed by atoms with E-state index in [4.69, 9.17) is 4.74 Å². The van der Waals surface area contributed by atoms with Crippen molar-refractivity contribution in [1.82, 2.24) is 0 Å². The first-order chi connectivity index (χ1) is 3.63. The number of quaternary nitrogens is 1. The monoisotopic (exact) mass is 153 g/mol. The maximum Gasteiger partial charge on any atom is 0.0781 e. The van der Waals surface area contributed by atoms with E-state index in [2.05, 4.69) is 28.1 Å². The molecule has 0 saturated carbocycles. The molecule has 1 atom stereocenters. The molecule has 0 aromatic carbocycles. The van der Waals surface area contributed by atoms with Gasteiger partial charge in [-0.15, -0.1) is 0 Å². The van der Waals surface area contributed by atoms with Crippen LogP contribution in [0, 0.1) is 0 Å². The summed E-state index contributed by atoms with van der Waals surface area (Å²) in [7, 11) is 6.25. The number of hydrogen-bond acceptors (Lipinski definition) is 1. The molecule has 0 bridgehead atoms. The summed E-state index contributed by atoms with van der Waals surface area (Å²) in [5.41, 5.74) is 0. The lowest BCUT2D eigenvalue weighted by molar-refractivity contribution is -0.836. The molecule has 1 N–H and O–H groups in total. The van der Waals surface area contributed by atoms with E-state index in [9.17, 15) is 0 Å². The van der Waals surface area contributed by atoms with Gasteiger partial charge in [0.25, 0.3) is 0 Å². The van der Waals surface area contributed by atoms with Crippen molar-refractivity contribution in [3.63, 3.8) is 0 Å². The zero-order valence-corrected chi connectivity index (χ0v) is 7.33. The maximum atomic E-state index is 4.71. The van der Waals surface area contributed by atoms with Crippen LogP contribution in [0.4, 0.5) is 0 Å². The van der Waals surface area contributed by atoms with Crippen LogP contribution in [0.15, 0.2) is 0 Å². The predicted octanol–water partition coefficient (Wildman–Crippen LogP) is -3.83. The Kier molecular flexibility index (Phi) is 8.40. The second-order valence-corrected chi connectivity index (χ2v) is 2.64. The first-order valence-corrected chi connectivity index (χ1v) is 3.01. The highest BCUT2D eigenvalue weighted by Gasteiger charge is 2.13. The summed E-state index contributed by atoms with van der Waals surface area (Å²) < 4.78 is 4.71. The minimum Gasteiger partial charge on any atom is -1.00 e. The van der Waals surface area contributed by atoms with Crippen LogP contribution >= 0.6 is 0 Å². The molecular formula is C6H16ClNO. The highest BCUT2D eigenvalue weighted by molar-refractivity contribution is 4.58. The first kappa shape index (κ1) is 11.9. The van der Waals surface area contributed by atoms with Crippen LogP contribution in [0.5, 0.6) is 0 Å². The number of rotatable bonds is 0. The number of epoxide rings is 1. The van der Waals surface area contributed by atoms with Crippen LogP contribution in [-0.4, -0.2) is 33.9 Å². The van der Waals surface area contributed by atoms with Gasteiger partial charge >= 0.3 is 0 Å². The third-order valence-corrected chi connectivity index (χ3v) is 0.500. The smallest absolute Gasteiger partial charge is 0.0781 e. The Balaban J connectivity index is 0. The van der Waals surface area contributed by atoms with Crippen molar-refractivity contribution >= 4 is 0 Å². The topological polar surface area (TPSA) is 17.0 Å². The van der Waals surface area contributed by atoms with E-state index in [1.807, 2.05) is 0 Å². The SMILES string of the molecule is CC1CO1.C[NH+](C)C.[Cl-]. The van der Waals surface area contributed by atoms with E-state index < -0.39 is 0 Å². The van der Waals surface area contributed by atoms with E-state index in [-0.39, 0.29) is 12.4 Å². The zero-order valence-electron chi connectivity index (χ0n) is 6.57. The molecule has 1 aliphatic heterocycles. The normalized spacial score (nSPS) is 21.7. The Bertz CT molecular complexity index is 52.3. The summed E-state index contributed by atoms with van der Waals surface area (Å²) in [6.45, 7) is 3.04. The van der Waals surface area contributed by atoms with Gasteiger partial charge in [0.2, 0.25) is 0 Å². The molecule has 2 nitrogen and oxygen atoms in total. The molecule has 58 valence electrons. The number of halogens is 1. The van der Waals surface area contributed by atoms with Gasteiger partial charge in [-0.05, 0) is 6.92 Å². The van der Waals surface area contributed by atoms with Crippen molar-refractivity contribution in [2.24, 2.45) is 0 Å². The van der Waals surface area contributed by atoms with Crippen molar-refractivity contribution in [3.05, 3.63) is 0 Å². The summed E-state index contributed by atoms with van der Waals surface area (Å²) >= 11 is 0. The molecule has 1 saturated heterocycles. The fourth-order valence-electron chi connectivity index (χ4n) is 0.0962. The maximum absolute atomic E-state index is 4.71. The average molecular weight is 154 g/mol. The molecule has 3 heteroatoms. The van der Waals surface area contributed by atoms with Crippen molar-refractivity contribution in [2.75, 3.05) is 27.7 Å². The minimum absolute atomic E-state index is 0. The quantitative estimate of drug-likeness (QED) is 0.353. The average Bonchev–Trinajstić information content (AvgIpc) is 2.19. The zero-order chi connectivity index (χ0) is 6.57. The van der Waals surface area contributed by atoms with Gasteiger partial charge in [0.05, 0.1) is 33.9 Å². The van der Waals surface area contributed by atoms with Crippen molar-refractivity contribution in [3.8, 4) is 0 Å². The van der Waals surface area contributed by atoms with Gasteiger partial charge in [-0.1, -0.05) is 0 Å². The fraction of sp³-hybridized carbons (Fsp3) is 1.00. The van der Waals surface area contributed by atoms with E-state index in [1.54, 1.807) is 0 Å². The third-order valence-electron chi connectivity index (χ3n) is 0.500. The van der Waals surface area contributed by atoms with E-state index in [0.29, 0.717) is 6.10 Å². The standard InChI is InChI=1S/C3H9N.C3H6O.ClH/c1-4(2)3;1-3-2-4-3;/h1-3H3;3H,2H2,1H3;1H. The Morgan fingerprint density at radius 3 is 1.44 bits per heavy atom. The molecule has 1 aliphatic rings. The minimum atomic E-state index is 0. The molecule has 1 rings (SSSR count). The second-order valence-electron chi connectivity index (χ2n) is 2.64. The summed E-state index contributed by atoms with van der Waals surface area (Å²) in [4.78, 5) is 1.42. The summed E-state index contributed by atoms with van der Waals surface area (Å²) in [6, 6.07) is 0. The van der Waals surface area contributed by atoms with Crippen LogP contribution in [0.25, 0.3) is 0 Å². The van der Waals surface area contributed by atoms with E-state index >= 15 is 0 Å². The lowest BCUT2D eigenvalue weighted by atomic mass is 10.6. The van der Waals surface area contributed by atoms with Crippen molar-refractivity contribution in [2.45, 2.75) is 13.0 Å². The Morgan fingerprint density at radius 2 is 1.44 bits per heavy atom. The molecule has 0 aromatic heterocycles. The summed E-state index contributed by atoms with van der Waals surface area (Å²) in [6.07, 6.45) is 0.583. The molecule has 0 aliphatic carbocycles. The van der Waals surface area contributed by atoms with Gasteiger partial charge in [-0.25, -0.2) is 0 Å². The Labute approximate surface area is 63.6 Å². The molecule has 1 fully saturated rings. The van der Waals surface area contributed by atoms with Gasteiger partial charge in [-0.3, -0.25) is 0 Å². The summed E-state index contributed by atoms with van der Waals surface area (Å²) in [5, 5.41) is 0. The molecular weight excluding hydrogens is 138 g/mol. The van der Waals surface area contributed by atoms with Crippen LogP contribution in [0.3, 0.4) is 0 Å². The van der Waals surface area contributed by atoms with E-state index in [0.717, 1.165) is 6.61 Å². The molecule has 0 amide bonds. The Hall–Kier alpha value is 0.210. The first-order valence-electron chi connectivity index (χ1n) is 3.01. The lowest BCUT2D eigenvalue weighted by Crippen LogP contribution is -3.02. The largest absolute Gasteiger partial charge is 1.00 e. The number of hydrogen-bond donors (Lipinski definition) is 1. The van der Waals surface area contributed by atoms with Gasteiger partial charge in [-0.2, -0.15) is 0 Å². The molecule has 1 unspecified atom stereocenters. The molecule has 0 radical (unpaired) electrons. The fourth-order valence-corrected chi connectivity index (χ4v) is 0.0962.